The third-order valence-corrected chi connectivity index (χ3v) is 10.9. The lowest BCUT2D eigenvalue weighted by molar-refractivity contribution is 0.475. The Hall–Kier alpha value is -4.45. The van der Waals surface area contributed by atoms with Crippen molar-refractivity contribution in [3.8, 4) is 11.5 Å². The van der Waals surface area contributed by atoms with Crippen LogP contribution in [0.4, 0.5) is 28.4 Å². The molecule has 0 spiro atoms. The molecule has 0 radical (unpaired) electrons. The highest BCUT2D eigenvalue weighted by atomic mass is 32.2. The average molecular weight is 662 g/mol. The molecular formula is C27H27N5O9S3. The van der Waals surface area contributed by atoms with Crippen molar-refractivity contribution >= 4 is 69.0 Å². The van der Waals surface area contributed by atoms with Crippen LogP contribution >= 0.6 is 0 Å². The fourth-order valence-corrected chi connectivity index (χ4v) is 6.58. The van der Waals surface area contributed by atoms with Crippen LogP contribution in [-0.2, 0) is 29.8 Å². The van der Waals surface area contributed by atoms with Crippen molar-refractivity contribution in [1.29, 1.82) is 0 Å². The minimum absolute atomic E-state index is 0.0258. The Bertz CT molecular complexity index is 2160. The molecule has 44 heavy (non-hydrogen) atoms. The predicted octanol–water partition coefficient (Wildman–Crippen LogP) is 5.96. The number of phenols is 2. The van der Waals surface area contributed by atoms with Crippen LogP contribution in [0, 0.1) is 0 Å². The number of sulfone groups is 2. The molecule has 0 heterocycles. The highest BCUT2D eigenvalue weighted by molar-refractivity contribution is 7.91. The monoisotopic (exact) mass is 661 g/mol. The van der Waals surface area contributed by atoms with E-state index in [9.17, 15) is 40.0 Å². The first-order valence-electron chi connectivity index (χ1n) is 12.8. The summed E-state index contributed by atoms with van der Waals surface area (Å²) < 4.78 is 82.8. The van der Waals surface area contributed by atoms with Crippen molar-refractivity contribution in [1.82, 2.24) is 0 Å². The number of nitrogens with one attached hydrogen (secondary N) is 1. The highest BCUT2D eigenvalue weighted by Gasteiger charge is 2.22. The van der Waals surface area contributed by atoms with Gasteiger partial charge in [-0.3, -0.25) is 4.55 Å². The van der Waals surface area contributed by atoms with Crippen molar-refractivity contribution in [2.75, 3.05) is 23.9 Å². The SMILES string of the molecule is CCS(=O)(=O)c1ccc(O)c(/N=N/c2ccc3c(/N=N/c4ccc(S(=O)(=O)CC)cc4S(=O)(=O)O)c(NC)ccc3c2O)c1. The van der Waals surface area contributed by atoms with E-state index >= 15 is 0 Å². The zero-order valence-electron chi connectivity index (χ0n) is 23.5. The van der Waals surface area contributed by atoms with Gasteiger partial charge >= 0.3 is 0 Å². The molecule has 4 aromatic rings. The van der Waals surface area contributed by atoms with E-state index in [-0.39, 0.29) is 60.9 Å². The van der Waals surface area contributed by atoms with E-state index in [1.54, 1.807) is 19.2 Å². The molecule has 0 aliphatic heterocycles. The molecule has 4 rings (SSSR count). The molecule has 0 saturated heterocycles. The summed E-state index contributed by atoms with van der Waals surface area (Å²) in [5, 5.41) is 40.7. The molecule has 17 heteroatoms. The quantitative estimate of drug-likeness (QED) is 0.115. The topological polar surface area (TPSA) is 225 Å². The van der Waals surface area contributed by atoms with Crippen molar-refractivity contribution in [2.45, 2.75) is 28.5 Å². The van der Waals surface area contributed by atoms with Gasteiger partial charge in [-0.1, -0.05) is 13.8 Å². The van der Waals surface area contributed by atoms with Gasteiger partial charge in [-0.25, -0.2) is 16.8 Å². The van der Waals surface area contributed by atoms with Crippen molar-refractivity contribution in [3.05, 3.63) is 60.7 Å². The van der Waals surface area contributed by atoms with E-state index in [2.05, 4.69) is 25.8 Å². The van der Waals surface area contributed by atoms with Crippen LogP contribution in [-0.4, -0.2) is 58.6 Å². The Morgan fingerprint density at radius 3 is 1.82 bits per heavy atom. The second-order valence-corrected chi connectivity index (χ2v) is 15.1. The van der Waals surface area contributed by atoms with E-state index in [0.717, 1.165) is 18.2 Å². The number of hydrogen-bond donors (Lipinski definition) is 4. The summed E-state index contributed by atoms with van der Waals surface area (Å²) in [7, 11) is -10.7. The Morgan fingerprint density at radius 2 is 1.20 bits per heavy atom. The molecule has 0 amide bonds. The number of nitrogens with zero attached hydrogens (tertiary/aromatic N) is 4. The third-order valence-electron chi connectivity index (χ3n) is 6.55. The van der Waals surface area contributed by atoms with E-state index in [0.29, 0.717) is 11.1 Å². The first kappa shape index (κ1) is 32.5. The van der Waals surface area contributed by atoms with E-state index < -0.39 is 34.7 Å². The van der Waals surface area contributed by atoms with Crippen molar-refractivity contribution in [2.24, 2.45) is 20.5 Å². The van der Waals surface area contributed by atoms with Crippen LogP contribution < -0.4 is 5.32 Å². The number of anilines is 1. The maximum absolute atomic E-state index is 12.3. The number of benzene rings is 4. The predicted molar refractivity (Wildman–Crippen MR) is 163 cm³/mol. The molecule has 0 fully saturated rings. The van der Waals surface area contributed by atoms with Gasteiger partial charge in [0.15, 0.2) is 25.4 Å². The summed E-state index contributed by atoms with van der Waals surface area (Å²) in [4.78, 5) is -1.12. The number of fused-ring (bicyclic) bond motifs is 1. The Balaban J connectivity index is 1.80. The molecule has 0 aromatic heterocycles. The second-order valence-electron chi connectivity index (χ2n) is 9.20. The Morgan fingerprint density at radius 1 is 0.659 bits per heavy atom. The molecule has 14 nitrogen and oxygen atoms in total. The fraction of sp³-hybridized carbons (Fsp3) is 0.185. The van der Waals surface area contributed by atoms with Crippen molar-refractivity contribution in [3.63, 3.8) is 0 Å². The van der Waals surface area contributed by atoms with Gasteiger partial charge in [-0.15, -0.1) is 20.5 Å². The first-order chi connectivity index (χ1) is 20.6. The Kier molecular flexibility index (Phi) is 9.06. The molecule has 0 aliphatic carbocycles. The Labute approximate surface area is 253 Å². The normalized spacial score (nSPS) is 12.8. The molecule has 0 aliphatic rings. The van der Waals surface area contributed by atoms with Crippen LogP contribution in [0.1, 0.15) is 13.8 Å². The van der Waals surface area contributed by atoms with Gasteiger partial charge in [-0.05, 0) is 60.7 Å². The lowest BCUT2D eigenvalue weighted by Gasteiger charge is -2.11. The smallest absolute Gasteiger partial charge is 0.296 e. The minimum atomic E-state index is -4.89. The minimum Gasteiger partial charge on any atom is -0.506 e. The highest BCUT2D eigenvalue weighted by Crippen LogP contribution is 2.43. The number of aromatic hydroxyl groups is 2. The lowest BCUT2D eigenvalue weighted by Crippen LogP contribution is -2.06. The molecular weight excluding hydrogens is 635 g/mol. The zero-order chi connectivity index (χ0) is 32.4. The number of rotatable bonds is 10. The van der Waals surface area contributed by atoms with Crippen LogP contribution in [0.2, 0.25) is 0 Å². The van der Waals surface area contributed by atoms with E-state index in [4.69, 9.17) is 0 Å². The molecule has 0 unspecified atom stereocenters. The maximum Gasteiger partial charge on any atom is 0.296 e. The van der Waals surface area contributed by atoms with Crippen LogP contribution in [0.5, 0.6) is 11.5 Å². The lowest BCUT2D eigenvalue weighted by atomic mass is 10.1. The molecule has 0 saturated carbocycles. The largest absolute Gasteiger partial charge is 0.506 e. The summed E-state index contributed by atoms with van der Waals surface area (Å²) in [6.07, 6.45) is 0. The van der Waals surface area contributed by atoms with E-state index in [1.807, 2.05) is 0 Å². The molecule has 0 atom stereocenters. The fourth-order valence-electron chi connectivity index (χ4n) is 4.05. The third kappa shape index (κ3) is 6.54. The van der Waals surface area contributed by atoms with Crippen molar-refractivity contribution < 1.29 is 40.0 Å². The zero-order valence-corrected chi connectivity index (χ0v) is 25.9. The number of azo groups is 2. The maximum atomic E-state index is 12.3. The van der Waals surface area contributed by atoms with Gasteiger partial charge in [0, 0.05) is 17.8 Å². The number of phenolic OH excluding ortho intramolecular Hbond substituents is 2. The van der Waals surface area contributed by atoms with E-state index in [1.165, 1.54) is 44.2 Å². The summed E-state index contributed by atoms with van der Waals surface area (Å²) >= 11 is 0. The molecule has 232 valence electrons. The summed E-state index contributed by atoms with van der Waals surface area (Å²) in [5.74, 6) is -1.11. The molecule has 0 bridgehead atoms. The van der Waals surface area contributed by atoms with Gasteiger partial charge in [0.05, 0.1) is 27.0 Å². The van der Waals surface area contributed by atoms with Gasteiger partial charge in [-0.2, -0.15) is 8.42 Å². The van der Waals surface area contributed by atoms with Crippen LogP contribution in [0.3, 0.4) is 0 Å². The second kappa shape index (κ2) is 12.3. The summed E-state index contributed by atoms with van der Waals surface area (Å²) in [6, 6.07) is 12.7. The molecule has 4 aromatic carbocycles. The number of hydrogen-bond acceptors (Lipinski definition) is 13. The summed E-state index contributed by atoms with van der Waals surface area (Å²) in [5.41, 5.74) is 0.0925. The first-order valence-corrected chi connectivity index (χ1v) is 17.6. The van der Waals surface area contributed by atoms with Crippen LogP contribution in [0.15, 0.2) is 95.8 Å². The standard InChI is InChI=1S/C27H27N5O9S3/c1-4-42(35,36)16-7-13-24(33)23(14-16)31-30-22-12-8-18-19(27(22)34)9-11-21(28-3)26(18)32-29-20-10-6-17(43(37,38)5-2)15-25(20)44(39,40)41/h6-15,28,33-34H,4-5H2,1-3H3,(H,39,40,41)/b31-30+,32-29+. The van der Waals surface area contributed by atoms with Gasteiger partial charge < -0.3 is 15.5 Å². The average Bonchev–Trinajstić information content (AvgIpc) is 2.99. The molecule has 4 N–H and O–H groups in total. The van der Waals surface area contributed by atoms with Gasteiger partial charge in [0.25, 0.3) is 10.1 Å². The van der Waals surface area contributed by atoms with Crippen LogP contribution in [0.25, 0.3) is 10.8 Å². The summed E-state index contributed by atoms with van der Waals surface area (Å²) in [6.45, 7) is 2.87. The van der Waals surface area contributed by atoms with Gasteiger partial charge in [0.1, 0.15) is 33.4 Å². The van der Waals surface area contributed by atoms with Gasteiger partial charge in [0.2, 0.25) is 0 Å².